The number of nitrogens with zero attached hydrogens (tertiary/aromatic N) is 3. The number of aromatic nitrogens is 2. The van der Waals surface area contributed by atoms with Crippen LogP contribution in [0.15, 0.2) is 53.5 Å². The maximum atomic E-state index is 13.3. The van der Waals surface area contributed by atoms with Gasteiger partial charge in [0.15, 0.2) is 0 Å². The fourth-order valence-electron chi connectivity index (χ4n) is 3.64. The van der Waals surface area contributed by atoms with E-state index >= 15 is 0 Å². The molecule has 7 nitrogen and oxygen atoms in total. The summed E-state index contributed by atoms with van der Waals surface area (Å²) in [6.45, 7) is 3.51. The number of urea groups is 1. The van der Waals surface area contributed by atoms with E-state index < -0.39 is 23.3 Å². The van der Waals surface area contributed by atoms with Crippen LogP contribution in [0.1, 0.15) is 30.2 Å². The van der Waals surface area contributed by atoms with E-state index in [-0.39, 0.29) is 12.1 Å². The standard InChI is InChI=1S/C21H19FN4O3/c1-3-21(14-5-7-15(22)8-6-14)19(28)26(20(29)24-21)12-16-10-18(27)25-11-13(2)4-9-17(25)23-16/h4-11H,3,12H2,1-2H3,(H,24,29)/t21-/m0/s1. The van der Waals surface area contributed by atoms with E-state index in [0.29, 0.717) is 23.3 Å². The predicted molar refractivity (Wildman–Crippen MR) is 104 cm³/mol. The van der Waals surface area contributed by atoms with E-state index in [4.69, 9.17) is 0 Å². The molecular formula is C21H19FN4O3. The van der Waals surface area contributed by atoms with E-state index in [2.05, 4.69) is 10.3 Å². The van der Waals surface area contributed by atoms with Gasteiger partial charge < -0.3 is 5.32 Å². The van der Waals surface area contributed by atoms with Crippen LogP contribution in [0.25, 0.3) is 5.65 Å². The molecule has 2 aromatic heterocycles. The Morgan fingerprint density at radius 1 is 1.10 bits per heavy atom. The molecule has 0 unspecified atom stereocenters. The third-order valence-electron chi connectivity index (χ3n) is 5.22. The van der Waals surface area contributed by atoms with Crippen molar-refractivity contribution in [3.8, 4) is 0 Å². The smallest absolute Gasteiger partial charge is 0.319 e. The molecule has 0 spiro atoms. The number of hydrogen-bond donors (Lipinski definition) is 1. The van der Waals surface area contributed by atoms with Crippen molar-refractivity contribution in [1.82, 2.24) is 19.6 Å². The van der Waals surface area contributed by atoms with E-state index in [0.717, 1.165) is 10.5 Å². The zero-order valence-electron chi connectivity index (χ0n) is 16.0. The Kier molecular flexibility index (Phi) is 4.41. The number of imide groups is 1. The number of hydrogen-bond acceptors (Lipinski definition) is 4. The highest BCUT2D eigenvalue weighted by Crippen LogP contribution is 2.33. The molecule has 1 fully saturated rings. The van der Waals surface area contributed by atoms with Crippen LogP contribution in [0.4, 0.5) is 9.18 Å². The molecule has 1 N–H and O–H groups in total. The molecule has 148 valence electrons. The summed E-state index contributed by atoms with van der Waals surface area (Å²) in [5, 5.41) is 2.74. The van der Waals surface area contributed by atoms with Crippen molar-refractivity contribution in [3.05, 3.63) is 81.7 Å². The van der Waals surface area contributed by atoms with Crippen LogP contribution < -0.4 is 10.9 Å². The number of pyridine rings is 1. The lowest BCUT2D eigenvalue weighted by Crippen LogP contribution is -2.43. The van der Waals surface area contributed by atoms with Crippen molar-refractivity contribution in [1.29, 1.82) is 0 Å². The van der Waals surface area contributed by atoms with E-state index in [1.807, 2.05) is 13.0 Å². The van der Waals surface area contributed by atoms with Crippen molar-refractivity contribution in [2.75, 3.05) is 0 Å². The van der Waals surface area contributed by atoms with Crippen molar-refractivity contribution in [2.24, 2.45) is 0 Å². The number of rotatable bonds is 4. The van der Waals surface area contributed by atoms with Gasteiger partial charge >= 0.3 is 6.03 Å². The molecule has 1 aliphatic heterocycles. The first-order valence-electron chi connectivity index (χ1n) is 9.23. The van der Waals surface area contributed by atoms with Gasteiger partial charge in [0.05, 0.1) is 12.2 Å². The molecule has 4 rings (SSSR count). The Balaban J connectivity index is 1.69. The lowest BCUT2D eigenvalue weighted by atomic mass is 9.87. The summed E-state index contributed by atoms with van der Waals surface area (Å²) in [5.74, 6) is -0.882. The van der Waals surface area contributed by atoms with Gasteiger partial charge in [0.1, 0.15) is 17.0 Å². The Bertz CT molecular complexity index is 1190. The Hall–Kier alpha value is -3.55. The maximum absolute atomic E-state index is 13.3. The normalized spacial score (nSPS) is 19.1. The topological polar surface area (TPSA) is 83.8 Å². The summed E-state index contributed by atoms with van der Waals surface area (Å²) in [7, 11) is 0. The average molecular weight is 394 g/mol. The highest BCUT2D eigenvalue weighted by molar-refractivity contribution is 6.07. The quantitative estimate of drug-likeness (QED) is 0.689. The summed E-state index contributed by atoms with van der Waals surface area (Å²) in [5.41, 5.74) is 0.604. The maximum Gasteiger partial charge on any atom is 0.325 e. The number of carbonyl (C=O) groups is 2. The number of benzene rings is 1. The second-order valence-corrected chi connectivity index (χ2v) is 7.11. The number of fused-ring (bicyclic) bond motifs is 1. The first-order chi connectivity index (χ1) is 13.8. The first-order valence-corrected chi connectivity index (χ1v) is 9.23. The van der Waals surface area contributed by atoms with Crippen molar-refractivity contribution >= 4 is 17.6 Å². The van der Waals surface area contributed by atoms with Crippen molar-refractivity contribution in [2.45, 2.75) is 32.4 Å². The second-order valence-electron chi connectivity index (χ2n) is 7.11. The first kappa shape index (κ1) is 18.8. The lowest BCUT2D eigenvalue weighted by Gasteiger charge is -2.25. The van der Waals surface area contributed by atoms with Crippen LogP contribution in [0, 0.1) is 12.7 Å². The highest BCUT2D eigenvalue weighted by atomic mass is 19.1. The van der Waals surface area contributed by atoms with Crippen LogP contribution in [-0.2, 0) is 16.9 Å². The van der Waals surface area contributed by atoms with Gasteiger partial charge in [-0.25, -0.2) is 14.2 Å². The Morgan fingerprint density at radius 3 is 2.52 bits per heavy atom. The summed E-state index contributed by atoms with van der Waals surface area (Å²) < 4.78 is 14.7. The zero-order chi connectivity index (χ0) is 20.8. The molecule has 1 aromatic carbocycles. The summed E-state index contributed by atoms with van der Waals surface area (Å²) in [6, 6.07) is 9.76. The van der Waals surface area contributed by atoms with Gasteiger partial charge in [-0.15, -0.1) is 0 Å². The Labute approximate surface area is 165 Å². The number of carbonyl (C=O) groups excluding carboxylic acids is 2. The molecule has 1 saturated heterocycles. The molecule has 29 heavy (non-hydrogen) atoms. The summed E-state index contributed by atoms with van der Waals surface area (Å²) in [6.07, 6.45) is 1.98. The summed E-state index contributed by atoms with van der Waals surface area (Å²) >= 11 is 0. The molecule has 3 heterocycles. The minimum absolute atomic E-state index is 0.132. The minimum atomic E-state index is -1.27. The van der Waals surface area contributed by atoms with Gasteiger partial charge in [-0.3, -0.25) is 18.9 Å². The fourth-order valence-corrected chi connectivity index (χ4v) is 3.64. The van der Waals surface area contributed by atoms with Gasteiger partial charge in [-0.05, 0) is 42.7 Å². The average Bonchev–Trinajstić information content (AvgIpc) is 2.94. The Morgan fingerprint density at radius 2 is 1.83 bits per heavy atom. The van der Waals surface area contributed by atoms with Crippen LogP contribution in [0.3, 0.4) is 0 Å². The minimum Gasteiger partial charge on any atom is -0.319 e. The molecule has 0 saturated carbocycles. The van der Waals surface area contributed by atoms with E-state index in [1.54, 1.807) is 19.2 Å². The number of nitrogens with one attached hydrogen (secondary N) is 1. The van der Waals surface area contributed by atoms with Gasteiger partial charge in [-0.1, -0.05) is 25.1 Å². The largest absolute Gasteiger partial charge is 0.325 e. The molecule has 0 radical (unpaired) electrons. The number of aryl methyl sites for hydroxylation is 1. The molecule has 1 atom stereocenters. The SMILES string of the molecule is CC[C@@]1(c2ccc(F)cc2)NC(=O)N(Cc2cc(=O)n3cc(C)ccc3n2)C1=O. The molecule has 3 amide bonds. The van der Waals surface area contributed by atoms with Crippen LogP contribution >= 0.6 is 0 Å². The third-order valence-corrected chi connectivity index (χ3v) is 5.22. The van der Waals surface area contributed by atoms with Crippen LogP contribution in [0.2, 0.25) is 0 Å². The fraction of sp³-hybridized carbons (Fsp3) is 0.238. The van der Waals surface area contributed by atoms with Crippen molar-refractivity contribution < 1.29 is 14.0 Å². The molecule has 8 heteroatoms. The lowest BCUT2D eigenvalue weighted by molar-refractivity contribution is -0.132. The number of halogens is 1. The van der Waals surface area contributed by atoms with Crippen molar-refractivity contribution in [3.63, 3.8) is 0 Å². The number of amides is 3. The van der Waals surface area contributed by atoms with Gasteiger partial charge in [0.25, 0.3) is 11.5 Å². The zero-order valence-corrected chi connectivity index (χ0v) is 16.0. The molecule has 3 aromatic rings. The second kappa shape index (κ2) is 6.80. The van der Waals surface area contributed by atoms with E-state index in [9.17, 15) is 18.8 Å². The van der Waals surface area contributed by atoms with E-state index in [1.165, 1.54) is 34.7 Å². The highest BCUT2D eigenvalue weighted by Gasteiger charge is 2.51. The van der Waals surface area contributed by atoms with Gasteiger partial charge in [-0.2, -0.15) is 0 Å². The molecule has 0 bridgehead atoms. The molecule has 0 aliphatic carbocycles. The molecule has 1 aliphatic rings. The summed E-state index contributed by atoms with van der Waals surface area (Å²) in [4.78, 5) is 43.7. The van der Waals surface area contributed by atoms with Crippen LogP contribution in [-0.4, -0.2) is 26.2 Å². The van der Waals surface area contributed by atoms with Crippen LogP contribution in [0.5, 0.6) is 0 Å². The third kappa shape index (κ3) is 3.06. The van der Waals surface area contributed by atoms with Gasteiger partial charge in [0, 0.05) is 12.3 Å². The van der Waals surface area contributed by atoms with Gasteiger partial charge in [0.2, 0.25) is 0 Å². The molecular weight excluding hydrogens is 375 g/mol. The monoisotopic (exact) mass is 394 g/mol. The predicted octanol–water partition coefficient (Wildman–Crippen LogP) is 2.50.